The Bertz CT molecular complexity index is 426. The Kier molecular flexibility index (Phi) is 3.79. The molecule has 5 N–H and O–H groups in total. The summed E-state index contributed by atoms with van der Waals surface area (Å²) >= 11 is 0. The molecule has 7 nitrogen and oxygen atoms in total. The second kappa shape index (κ2) is 4.98. The van der Waals surface area contributed by atoms with Crippen LogP contribution in [0.25, 0.3) is 0 Å². The number of carbonyl (C=O) groups is 2. The summed E-state index contributed by atoms with van der Waals surface area (Å²) in [6.45, 7) is 5.19. The lowest BCUT2D eigenvalue weighted by molar-refractivity contribution is -0.149. The Morgan fingerprint density at radius 3 is 2.65 bits per heavy atom. The number of nitrogens with zero attached hydrogens (tertiary/aromatic N) is 1. The molecule has 0 aromatic heterocycles. The maximum absolute atomic E-state index is 12.4. The molecule has 1 heterocycles. The highest BCUT2D eigenvalue weighted by atomic mass is 16.5. The molecule has 1 amide bonds. The number of carboxylic acid groups (broad SMARTS) is 1. The van der Waals surface area contributed by atoms with E-state index in [9.17, 15) is 9.59 Å². The molecular formula is C13H23N3O4. The van der Waals surface area contributed by atoms with E-state index in [2.05, 4.69) is 0 Å². The minimum absolute atomic E-state index is 0.0214. The second-order valence-electron chi connectivity index (χ2n) is 6.40. The number of ether oxygens (including phenoxy) is 1. The van der Waals surface area contributed by atoms with Crippen molar-refractivity contribution in [3.63, 3.8) is 0 Å². The highest BCUT2D eigenvalue weighted by Gasteiger charge is 2.62. The van der Waals surface area contributed by atoms with Crippen molar-refractivity contribution in [2.75, 3.05) is 26.2 Å². The lowest BCUT2D eigenvalue weighted by atomic mass is 9.91. The first-order valence-electron chi connectivity index (χ1n) is 6.85. The van der Waals surface area contributed by atoms with Gasteiger partial charge in [-0.25, -0.2) is 0 Å². The molecule has 1 saturated carbocycles. The van der Waals surface area contributed by atoms with Gasteiger partial charge in [0.15, 0.2) is 0 Å². The van der Waals surface area contributed by atoms with Crippen LogP contribution in [0.15, 0.2) is 0 Å². The molecule has 2 rings (SSSR count). The van der Waals surface area contributed by atoms with Gasteiger partial charge in [-0.05, 0) is 20.3 Å². The zero-order valence-electron chi connectivity index (χ0n) is 12.0. The first-order chi connectivity index (χ1) is 9.22. The van der Waals surface area contributed by atoms with E-state index in [0.29, 0.717) is 26.1 Å². The van der Waals surface area contributed by atoms with E-state index in [1.165, 1.54) is 0 Å². The molecule has 1 aliphatic carbocycles. The molecule has 0 aromatic carbocycles. The summed E-state index contributed by atoms with van der Waals surface area (Å²) in [6, 6.07) is 0. The molecule has 114 valence electrons. The van der Waals surface area contributed by atoms with Crippen molar-refractivity contribution >= 4 is 11.9 Å². The number of rotatable bonds is 4. The van der Waals surface area contributed by atoms with E-state index in [0.717, 1.165) is 0 Å². The Balaban J connectivity index is 2.00. The van der Waals surface area contributed by atoms with Gasteiger partial charge in [0.2, 0.25) is 5.91 Å². The van der Waals surface area contributed by atoms with Gasteiger partial charge >= 0.3 is 5.97 Å². The first kappa shape index (κ1) is 15.2. The quantitative estimate of drug-likeness (QED) is 0.609. The van der Waals surface area contributed by atoms with Crippen LogP contribution in [-0.4, -0.2) is 59.8 Å². The number of hydrogen-bond acceptors (Lipinski definition) is 5. The molecule has 0 aromatic rings. The maximum Gasteiger partial charge on any atom is 0.324 e. The van der Waals surface area contributed by atoms with E-state index in [-0.39, 0.29) is 24.5 Å². The van der Waals surface area contributed by atoms with Gasteiger partial charge in [0.05, 0.1) is 18.1 Å². The van der Waals surface area contributed by atoms with E-state index in [1.54, 1.807) is 18.7 Å². The van der Waals surface area contributed by atoms with Gasteiger partial charge in [0.1, 0.15) is 5.54 Å². The van der Waals surface area contributed by atoms with Gasteiger partial charge in [-0.2, -0.15) is 0 Å². The van der Waals surface area contributed by atoms with Gasteiger partial charge in [-0.3, -0.25) is 9.59 Å². The van der Waals surface area contributed by atoms with E-state index in [1.807, 2.05) is 0 Å². The lowest BCUT2D eigenvalue weighted by Gasteiger charge is -2.37. The predicted octanol–water partition coefficient (Wildman–Crippen LogP) is -0.999. The second-order valence-corrected chi connectivity index (χ2v) is 6.40. The fourth-order valence-electron chi connectivity index (χ4n) is 2.63. The SMILES string of the molecule is CC(C)(CN)C(=O)N1CCOC(C2CC2(N)C(=O)O)C1. The zero-order chi connectivity index (χ0) is 15.1. The van der Waals surface area contributed by atoms with E-state index in [4.69, 9.17) is 21.3 Å². The van der Waals surface area contributed by atoms with Crippen molar-refractivity contribution in [3.8, 4) is 0 Å². The third-order valence-corrected chi connectivity index (χ3v) is 4.38. The standard InChI is InChI=1S/C13H23N3O4/c1-12(2,7-14)10(17)16-3-4-20-9(6-16)8-5-13(8,15)11(18)19/h8-9H,3-7,14-15H2,1-2H3,(H,18,19). The summed E-state index contributed by atoms with van der Waals surface area (Å²) in [5.74, 6) is -1.25. The summed E-state index contributed by atoms with van der Waals surface area (Å²) in [5, 5.41) is 9.08. The topological polar surface area (TPSA) is 119 Å². The molecule has 0 radical (unpaired) electrons. The summed E-state index contributed by atoms with van der Waals surface area (Å²) in [7, 11) is 0. The predicted molar refractivity (Wildman–Crippen MR) is 71.8 cm³/mol. The summed E-state index contributed by atoms with van der Waals surface area (Å²) in [5.41, 5.74) is 9.61. The van der Waals surface area contributed by atoms with Crippen molar-refractivity contribution in [1.29, 1.82) is 0 Å². The minimum Gasteiger partial charge on any atom is -0.480 e. The first-order valence-corrected chi connectivity index (χ1v) is 6.85. The molecular weight excluding hydrogens is 262 g/mol. The highest BCUT2D eigenvalue weighted by Crippen LogP contribution is 2.45. The van der Waals surface area contributed by atoms with Crippen LogP contribution in [0.3, 0.4) is 0 Å². The van der Waals surface area contributed by atoms with Gasteiger partial charge < -0.3 is 26.2 Å². The Morgan fingerprint density at radius 1 is 1.50 bits per heavy atom. The smallest absolute Gasteiger partial charge is 0.324 e. The van der Waals surface area contributed by atoms with Crippen LogP contribution in [0, 0.1) is 11.3 Å². The number of carboxylic acids is 1. The number of morpholine rings is 1. The number of amides is 1. The van der Waals surface area contributed by atoms with Crippen LogP contribution in [0.4, 0.5) is 0 Å². The lowest BCUT2D eigenvalue weighted by Crippen LogP contribution is -2.53. The molecule has 7 heteroatoms. The molecule has 3 unspecified atom stereocenters. The van der Waals surface area contributed by atoms with Gasteiger partial charge in [-0.1, -0.05) is 0 Å². The average molecular weight is 285 g/mol. The van der Waals surface area contributed by atoms with Crippen LogP contribution in [0.2, 0.25) is 0 Å². The van der Waals surface area contributed by atoms with Crippen LogP contribution in [0.5, 0.6) is 0 Å². The Labute approximate surface area is 118 Å². The molecule has 20 heavy (non-hydrogen) atoms. The van der Waals surface area contributed by atoms with Crippen molar-refractivity contribution in [3.05, 3.63) is 0 Å². The monoisotopic (exact) mass is 285 g/mol. The number of aliphatic carboxylic acids is 1. The number of hydrogen-bond donors (Lipinski definition) is 3. The molecule has 2 fully saturated rings. The van der Waals surface area contributed by atoms with Gasteiger partial charge in [0.25, 0.3) is 0 Å². The maximum atomic E-state index is 12.4. The van der Waals surface area contributed by atoms with Crippen molar-refractivity contribution < 1.29 is 19.4 Å². The molecule has 3 atom stereocenters. The fraction of sp³-hybridized carbons (Fsp3) is 0.846. The molecule has 2 aliphatic rings. The molecule has 1 aliphatic heterocycles. The van der Waals surface area contributed by atoms with E-state index < -0.39 is 16.9 Å². The van der Waals surface area contributed by atoms with E-state index >= 15 is 0 Å². The van der Waals surface area contributed by atoms with Crippen molar-refractivity contribution in [2.45, 2.75) is 31.9 Å². The van der Waals surface area contributed by atoms with Crippen LogP contribution in [-0.2, 0) is 14.3 Å². The molecule has 1 saturated heterocycles. The number of nitrogens with two attached hydrogens (primary N) is 2. The van der Waals surface area contributed by atoms with Crippen LogP contribution >= 0.6 is 0 Å². The van der Waals surface area contributed by atoms with Crippen LogP contribution < -0.4 is 11.5 Å². The minimum atomic E-state index is -1.19. The van der Waals surface area contributed by atoms with Gasteiger partial charge in [0, 0.05) is 25.6 Å². The molecule has 0 bridgehead atoms. The third-order valence-electron chi connectivity index (χ3n) is 4.38. The van der Waals surface area contributed by atoms with Crippen LogP contribution in [0.1, 0.15) is 20.3 Å². The van der Waals surface area contributed by atoms with Crippen molar-refractivity contribution in [1.82, 2.24) is 4.90 Å². The normalized spacial score (nSPS) is 33.9. The third kappa shape index (κ3) is 2.53. The molecule has 0 spiro atoms. The van der Waals surface area contributed by atoms with Gasteiger partial charge in [-0.15, -0.1) is 0 Å². The Hall–Kier alpha value is -1.18. The summed E-state index contributed by atoms with van der Waals surface area (Å²) < 4.78 is 5.61. The fourth-order valence-corrected chi connectivity index (χ4v) is 2.63. The van der Waals surface area contributed by atoms with Crippen molar-refractivity contribution in [2.24, 2.45) is 22.8 Å². The number of carbonyl (C=O) groups excluding carboxylic acids is 1. The average Bonchev–Trinajstić information content (AvgIpc) is 3.12. The summed E-state index contributed by atoms with van der Waals surface area (Å²) in [4.78, 5) is 25.2. The Morgan fingerprint density at radius 2 is 2.15 bits per heavy atom. The largest absolute Gasteiger partial charge is 0.480 e. The highest BCUT2D eigenvalue weighted by molar-refractivity contribution is 5.84. The summed E-state index contributed by atoms with van der Waals surface area (Å²) in [6.07, 6.45) is 0.0948. The zero-order valence-corrected chi connectivity index (χ0v) is 12.0.